The number of rotatable bonds is 4. The van der Waals surface area contributed by atoms with Crippen LogP contribution in [0.2, 0.25) is 0 Å². The quantitative estimate of drug-likeness (QED) is 0.532. The minimum Gasteiger partial charge on any atom is -0.274 e. The lowest BCUT2D eigenvalue weighted by atomic mass is 10.4. The Bertz CT molecular complexity index is 101. The lowest BCUT2D eigenvalue weighted by molar-refractivity contribution is -0.175. The van der Waals surface area contributed by atoms with E-state index in [9.17, 15) is 9.90 Å². The fourth-order valence-electron chi connectivity index (χ4n) is 0.619. The molecule has 0 aliphatic heterocycles. The summed E-state index contributed by atoms with van der Waals surface area (Å²) in [6.07, 6.45) is 0.0156. The van der Waals surface area contributed by atoms with Gasteiger partial charge >= 0.3 is 0 Å². The Morgan fingerprint density at radius 2 is 2.20 bits per heavy atom. The van der Waals surface area contributed by atoms with E-state index in [2.05, 4.69) is 4.84 Å². The van der Waals surface area contributed by atoms with Crippen molar-refractivity contribution in [2.24, 2.45) is 0 Å². The molecule has 4 heteroatoms. The molecule has 0 rings (SSSR count). The summed E-state index contributed by atoms with van der Waals surface area (Å²) in [6.45, 7) is 1.89. The monoisotopic (exact) mass is 146 g/mol. The number of nitrogens with zero attached hydrogens (tertiary/aromatic N) is 1. The number of hydrogen-bond acceptors (Lipinski definition) is 2. The third-order valence-electron chi connectivity index (χ3n) is 1.10. The molecule has 0 atom stereocenters. The summed E-state index contributed by atoms with van der Waals surface area (Å²) in [6, 6.07) is 0. The van der Waals surface area contributed by atoms with Gasteiger partial charge < -0.3 is 0 Å². The van der Waals surface area contributed by atoms with E-state index in [0.29, 0.717) is 6.54 Å². The molecule has 0 aromatic rings. The van der Waals surface area contributed by atoms with Crippen LogP contribution < -0.4 is 0 Å². The highest BCUT2D eigenvalue weighted by Crippen LogP contribution is 1.92. The summed E-state index contributed by atoms with van der Waals surface area (Å²) < 4.78 is 0. The van der Waals surface area contributed by atoms with Gasteiger partial charge in [0.25, 0.3) is 0 Å². The van der Waals surface area contributed by atoms with Crippen molar-refractivity contribution in [3.05, 3.63) is 0 Å². The molecule has 0 aliphatic rings. The summed E-state index contributed by atoms with van der Waals surface area (Å²) in [7, 11) is 1.41. The zero-order valence-corrected chi connectivity index (χ0v) is 6.29. The molecule has 0 spiro atoms. The van der Waals surface area contributed by atoms with Crippen LogP contribution >= 0.6 is 0 Å². The van der Waals surface area contributed by atoms with E-state index in [1.54, 1.807) is 6.92 Å². The summed E-state index contributed by atoms with van der Waals surface area (Å²) in [5.41, 5.74) is 0. The van der Waals surface area contributed by atoms with Crippen molar-refractivity contribution in [2.75, 3.05) is 20.3 Å². The van der Waals surface area contributed by atoms with Crippen molar-refractivity contribution in [3.8, 4) is 0 Å². The lowest BCUT2D eigenvalue weighted by Crippen LogP contribution is -2.29. The Kier molecular flexibility index (Phi) is 4.88. The van der Waals surface area contributed by atoms with Gasteiger partial charge in [-0.25, -0.2) is 10.2 Å². The maximum atomic E-state index is 10.8. The van der Waals surface area contributed by atoms with Gasteiger partial charge in [-0.2, -0.15) is 0 Å². The van der Waals surface area contributed by atoms with Gasteiger partial charge in [-0.15, -0.1) is 0 Å². The maximum absolute atomic E-state index is 10.8. The molecule has 0 aromatic heterocycles. The molecule has 0 aromatic carbocycles. The van der Waals surface area contributed by atoms with E-state index < -0.39 is 0 Å². The van der Waals surface area contributed by atoms with Crippen LogP contribution in [-0.2, 0) is 14.7 Å². The molecule has 0 N–H and O–H groups in total. The van der Waals surface area contributed by atoms with E-state index >= 15 is 0 Å². The predicted molar refractivity (Wildman–Crippen MR) is 34.6 cm³/mol. The number of carbonyl (C=O) groups is 1. The van der Waals surface area contributed by atoms with Gasteiger partial charge in [0, 0.05) is 6.54 Å². The Morgan fingerprint density at radius 1 is 1.60 bits per heavy atom. The van der Waals surface area contributed by atoms with E-state index in [0.717, 1.165) is 5.06 Å². The fraction of sp³-hybridized carbons (Fsp3) is 0.833. The molecule has 59 valence electrons. The van der Waals surface area contributed by atoms with E-state index in [1.807, 2.05) is 0 Å². The lowest BCUT2D eigenvalue weighted by Gasteiger charge is -2.15. The standard InChI is InChI=1S/C6H12NO3/c1-3-7(10-2)6(9)4-5-8/h3-5H2,1-2H3. The Morgan fingerprint density at radius 3 is 2.50 bits per heavy atom. The van der Waals surface area contributed by atoms with Crippen LogP contribution in [0.15, 0.2) is 0 Å². The SMILES string of the molecule is CCN(OC)C(=O)CC[O]. The van der Waals surface area contributed by atoms with Crippen LogP contribution in [0.1, 0.15) is 13.3 Å². The van der Waals surface area contributed by atoms with Crippen molar-refractivity contribution in [3.63, 3.8) is 0 Å². The van der Waals surface area contributed by atoms with Gasteiger partial charge in [-0.1, -0.05) is 0 Å². The Balaban J connectivity index is 3.65. The van der Waals surface area contributed by atoms with Crippen LogP contribution in [0.3, 0.4) is 0 Å². The highest BCUT2D eigenvalue weighted by Gasteiger charge is 2.08. The summed E-state index contributed by atoms with van der Waals surface area (Å²) in [4.78, 5) is 15.5. The first-order chi connectivity index (χ1) is 4.76. The van der Waals surface area contributed by atoms with Gasteiger partial charge in [-0.05, 0) is 6.92 Å². The van der Waals surface area contributed by atoms with Gasteiger partial charge in [0.1, 0.15) is 0 Å². The third kappa shape index (κ3) is 2.80. The zero-order chi connectivity index (χ0) is 7.98. The smallest absolute Gasteiger partial charge is 0.248 e. The Labute approximate surface area is 60.3 Å². The first-order valence-corrected chi connectivity index (χ1v) is 3.18. The topological polar surface area (TPSA) is 49.4 Å². The fourth-order valence-corrected chi connectivity index (χ4v) is 0.619. The highest BCUT2D eigenvalue weighted by molar-refractivity contribution is 5.75. The molecule has 0 unspecified atom stereocenters. The molecule has 0 aliphatic carbocycles. The molecular formula is C6H12NO3. The average Bonchev–Trinajstić information content (AvgIpc) is 1.91. The summed E-state index contributed by atoms with van der Waals surface area (Å²) in [5.74, 6) is -0.250. The molecule has 1 amide bonds. The van der Waals surface area contributed by atoms with Crippen LogP contribution in [0.25, 0.3) is 0 Å². The molecule has 0 saturated heterocycles. The molecule has 0 heterocycles. The number of carbonyl (C=O) groups excluding carboxylic acids is 1. The molecule has 10 heavy (non-hydrogen) atoms. The molecular weight excluding hydrogens is 134 g/mol. The van der Waals surface area contributed by atoms with Crippen LogP contribution in [0.4, 0.5) is 0 Å². The average molecular weight is 146 g/mol. The second-order valence-corrected chi connectivity index (χ2v) is 1.73. The van der Waals surface area contributed by atoms with Crippen molar-refractivity contribution >= 4 is 5.91 Å². The van der Waals surface area contributed by atoms with Crippen molar-refractivity contribution in [1.29, 1.82) is 0 Å². The summed E-state index contributed by atoms with van der Waals surface area (Å²) in [5, 5.41) is 11.1. The van der Waals surface area contributed by atoms with E-state index in [-0.39, 0.29) is 18.9 Å². The second-order valence-electron chi connectivity index (χ2n) is 1.73. The predicted octanol–water partition coefficient (Wildman–Crippen LogP) is 0.217. The second kappa shape index (κ2) is 5.20. The third-order valence-corrected chi connectivity index (χ3v) is 1.10. The molecule has 0 saturated carbocycles. The minimum absolute atomic E-state index is 0.0156. The summed E-state index contributed by atoms with van der Waals surface area (Å²) >= 11 is 0. The minimum atomic E-state index is -0.376. The normalized spacial score (nSPS) is 9.50. The number of hydroxylamine groups is 2. The van der Waals surface area contributed by atoms with Gasteiger partial charge in [-0.3, -0.25) is 9.63 Å². The van der Waals surface area contributed by atoms with Crippen LogP contribution in [0.5, 0.6) is 0 Å². The van der Waals surface area contributed by atoms with E-state index in [4.69, 9.17) is 0 Å². The Hall–Kier alpha value is -0.610. The van der Waals surface area contributed by atoms with Gasteiger partial charge in [0.15, 0.2) is 0 Å². The largest absolute Gasteiger partial charge is 0.274 e. The van der Waals surface area contributed by atoms with Gasteiger partial charge in [0.2, 0.25) is 5.91 Å². The molecule has 0 fully saturated rings. The van der Waals surface area contributed by atoms with Crippen LogP contribution in [0, 0.1) is 0 Å². The zero-order valence-electron chi connectivity index (χ0n) is 6.29. The number of hydrogen-bond donors (Lipinski definition) is 0. The first-order valence-electron chi connectivity index (χ1n) is 3.18. The van der Waals surface area contributed by atoms with Gasteiger partial charge in [0.05, 0.1) is 20.1 Å². The van der Waals surface area contributed by atoms with Crippen molar-refractivity contribution in [2.45, 2.75) is 13.3 Å². The number of amides is 1. The maximum Gasteiger partial charge on any atom is 0.248 e. The first kappa shape index (κ1) is 9.39. The van der Waals surface area contributed by atoms with E-state index in [1.165, 1.54) is 7.11 Å². The molecule has 4 nitrogen and oxygen atoms in total. The van der Waals surface area contributed by atoms with Crippen LogP contribution in [-0.4, -0.2) is 31.2 Å². The van der Waals surface area contributed by atoms with Crippen molar-refractivity contribution in [1.82, 2.24) is 5.06 Å². The molecule has 0 bridgehead atoms. The highest BCUT2D eigenvalue weighted by atomic mass is 16.7. The molecule has 1 radical (unpaired) electrons. The van der Waals surface area contributed by atoms with Crippen molar-refractivity contribution < 1.29 is 14.7 Å².